The van der Waals surface area contributed by atoms with Crippen LogP contribution in [0.5, 0.6) is 0 Å². The maximum Gasteiger partial charge on any atom is 0.269 e. The average molecular weight is 269 g/mol. The van der Waals surface area contributed by atoms with Crippen molar-refractivity contribution in [1.29, 1.82) is 0 Å². The van der Waals surface area contributed by atoms with Crippen molar-refractivity contribution in [1.82, 2.24) is 15.5 Å². The molecule has 0 bridgehead atoms. The van der Waals surface area contributed by atoms with E-state index in [1.165, 1.54) is 16.7 Å². The monoisotopic (exact) mass is 269 g/mol. The Morgan fingerprint density at radius 1 is 1.20 bits per heavy atom. The minimum atomic E-state index is -0.574. The number of aromatic nitrogens is 2. The van der Waals surface area contributed by atoms with Gasteiger partial charge >= 0.3 is 0 Å². The molecule has 0 aliphatic carbocycles. The van der Waals surface area contributed by atoms with Crippen LogP contribution in [0.3, 0.4) is 0 Å². The van der Waals surface area contributed by atoms with Gasteiger partial charge in [0.05, 0.1) is 0 Å². The van der Waals surface area contributed by atoms with Gasteiger partial charge in [-0.1, -0.05) is 18.2 Å². The lowest BCUT2D eigenvalue weighted by Crippen LogP contribution is -2.14. The highest BCUT2D eigenvalue weighted by molar-refractivity contribution is 5.90. The number of fused-ring (bicyclic) bond motifs is 1. The van der Waals surface area contributed by atoms with E-state index in [0.717, 1.165) is 13.1 Å². The summed E-state index contributed by atoms with van der Waals surface area (Å²) in [7, 11) is 0. The minimum Gasteiger partial charge on any atom is -0.365 e. The number of nitrogens with one attached hydrogen (secondary N) is 2. The van der Waals surface area contributed by atoms with E-state index in [4.69, 9.17) is 5.73 Å². The SMILES string of the molecule is NC(=O)c1ccc(NCc2ccc3c(c2)CNC3)nn1. The first-order chi connectivity index (χ1) is 9.72. The third kappa shape index (κ3) is 2.60. The topological polar surface area (TPSA) is 92.9 Å². The van der Waals surface area contributed by atoms with Crippen molar-refractivity contribution in [2.45, 2.75) is 19.6 Å². The molecule has 0 radical (unpaired) electrons. The molecule has 0 saturated carbocycles. The quantitative estimate of drug-likeness (QED) is 0.763. The molecule has 1 aliphatic rings. The Morgan fingerprint density at radius 3 is 2.80 bits per heavy atom. The predicted molar refractivity (Wildman–Crippen MR) is 74.9 cm³/mol. The molecule has 3 rings (SSSR count). The lowest BCUT2D eigenvalue weighted by molar-refractivity contribution is 0.0994. The number of amides is 1. The third-order valence-electron chi connectivity index (χ3n) is 3.29. The van der Waals surface area contributed by atoms with Crippen LogP contribution in [0.1, 0.15) is 27.2 Å². The first-order valence-corrected chi connectivity index (χ1v) is 6.41. The van der Waals surface area contributed by atoms with Gasteiger partial charge in [-0.05, 0) is 28.8 Å². The second-order valence-electron chi connectivity index (χ2n) is 4.73. The minimum absolute atomic E-state index is 0.166. The van der Waals surface area contributed by atoms with Gasteiger partial charge in [-0.3, -0.25) is 4.79 Å². The van der Waals surface area contributed by atoms with Crippen LogP contribution in [-0.4, -0.2) is 16.1 Å². The molecule has 0 saturated heterocycles. The summed E-state index contributed by atoms with van der Waals surface area (Å²) in [4.78, 5) is 10.9. The van der Waals surface area contributed by atoms with Crippen molar-refractivity contribution < 1.29 is 4.79 Å². The Morgan fingerprint density at radius 2 is 2.05 bits per heavy atom. The number of carbonyl (C=O) groups is 1. The second kappa shape index (κ2) is 5.26. The highest BCUT2D eigenvalue weighted by Gasteiger charge is 2.10. The van der Waals surface area contributed by atoms with Gasteiger partial charge < -0.3 is 16.4 Å². The van der Waals surface area contributed by atoms with Gasteiger partial charge in [0.2, 0.25) is 0 Å². The Hall–Kier alpha value is -2.47. The van der Waals surface area contributed by atoms with Crippen LogP contribution < -0.4 is 16.4 Å². The molecule has 2 aromatic rings. The fourth-order valence-electron chi connectivity index (χ4n) is 2.21. The Balaban J connectivity index is 1.65. The van der Waals surface area contributed by atoms with Crippen molar-refractivity contribution in [3.05, 3.63) is 52.7 Å². The number of rotatable bonds is 4. The van der Waals surface area contributed by atoms with Crippen molar-refractivity contribution in [2.24, 2.45) is 5.73 Å². The van der Waals surface area contributed by atoms with Crippen LogP contribution in [0.25, 0.3) is 0 Å². The zero-order chi connectivity index (χ0) is 13.9. The number of hydrogen-bond donors (Lipinski definition) is 3. The van der Waals surface area contributed by atoms with Gasteiger partial charge in [-0.2, -0.15) is 0 Å². The Kier molecular flexibility index (Phi) is 3.30. The van der Waals surface area contributed by atoms with Crippen LogP contribution in [-0.2, 0) is 19.6 Å². The van der Waals surface area contributed by atoms with Gasteiger partial charge in [-0.25, -0.2) is 0 Å². The number of nitrogens with two attached hydrogens (primary N) is 1. The molecular weight excluding hydrogens is 254 g/mol. The fraction of sp³-hybridized carbons (Fsp3) is 0.214. The van der Waals surface area contributed by atoms with Gasteiger partial charge in [0.15, 0.2) is 5.69 Å². The largest absolute Gasteiger partial charge is 0.365 e. The first kappa shape index (κ1) is 12.6. The number of anilines is 1. The Labute approximate surface area is 116 Å². The summed E-state index contributed by atoms with van der Waals surface area (Å²) in [6, 6.07) is 9.69. The maximum atomic E-state index is 10.9. The standard InChI is InChI=1S/C14H15N5O/c15-14(20)12-3-4-13(19-18-12)17-6-9-1-2-10-7-16-8-11(10)5-9/h1-5,16H,6-8H2,(H2,15,20)(H,17,19). The lowest BCUT2D eigenvalue weighted by atomic mass is 10.1. The molecule has 0 unspecified atom stereocenters. The molecule has 0 spiro atoms. The first-order valence-electron chi connectivity index (χ1n) is 6.41. The molecular formula is C14H15N5O. The number of hydrogen-bond acceptors (Lipinski definition) is 5. The van der Waals surface area contributed by atoms with E-state index in [1.807, 2.05) is 0 Å². The fourth-order valence-corrected chi connectivity index (χ4v) is 2.21. The molecule has 6 nitrogen and oxygen atoms in total. The average Bonchev–Trinajstić information content (AvgIpc) is 2.93. The van der Waals surface area contributed by atoms with E-state index in [9.17, 15) is 4.79 Å². The van der Waals surface area contributed by atoms with E-state index >= 15 is 0 Å². The zero-order valence-corrected chi connectivity index (χ0v) is 10.9. The second-order valence-corrected chi connectivity index (χ2v) is 4.73. The van der Waals surface area contributed by atoms with Gasteiger partial charge in [0.25, 0.3) is 5.91 Å². The van der Waals surface area contributed by atoms with E-state index in [2.05, 4.69) is 39.0 Å². The third-order valence-corrected chi connectivity index (χ3v) is 3.29. The van der Waals surface area contributed by atoms with E-state index in [1.54, 1.807) is 12.1 Å². The maximum absolute atomic E-state index is 10.9. The van der Waals surface area contributed by atoms with Crippen molar-refractivity contribution in [3.8, 4) is 0 Å². The van der Waals surface area contributed by atoms with Gasteiger partial charge in [-0.15, -0.1) is 10.2 Å². The number of primary amides is 1. The summed E-state index contributed by atoms with van der Waals surface area (Å²) in [6.45, 7) is 2.54. The predicted octanol–water partition coefficient (Wildman–Crippen LogP) is 0.791. The lowest BCUT2D eigenvalue weighted by Gasteiger charge is -2.07. The summed E-state index contributed by atoms with van der Waals surface area (Å²) >= 11 is 0. The number of benzene rings is 1. The summed E-state index contributed by atoms with van der Waals surface area (Å²) in [5.41, 5.74) is 9.17. The molecule has 102 valence electrons. The van der Waals surface area contributed by atoms with Crippen LogP contribution in [0.4, 0.5) is 5.82 Å². The summed E-state index contributed by atoms with van der Waals surface area (Å²) in [5, 5.41) is 14.2. The van der Waals surface area contributed by atoms with Crippen LogP contribution in [0.15, 0.2) is 30.3 Å². The van der Waals surface area contributed by atoms with E-state index in [0.29, 0.717) is 12.4 Å². The number of carbonyl (C=O) groups excluding carboxylic acids is 1. The molecule has 2 heterocycles. The van der Waals surface area contributed by atoms with E-state index < -0.39 is 5.91 Å². The molecule has 1 amide bonds. The highest BCUT2D eigenvalue weighted by atomic mass is 16.1. The molecule has 1 aromatic carbocycles. The van der Waals surface area contributed by atoms with Gasteiger partial charge in [0.1, 0.15) is 5.82 Å². The molecule has 1 aromatic heterocycles. The van der Waals surface area contributed by atoms with Crippen molar-refractivity contribution >= 4 is 11.7 Å². The highest BCUT2D eigenvalue weighted by Crippen LogP contribution is 2.17. The molecule has 20 heavy (non-hydrogen) atoms. The summed E-state index contributed by atoms with van der Waals surface area (Å²) in [6.07, 6.45) is 0. The van der Waals surface area contributed by atoms with Crippen LogP contribution in [0.2, 0.25) is 0 Å². The van der Waals surface area contributed by atoms with Gasteiger partial charge in [0, 0.05) is 19.6 Å². The van der Waals surface area contributed by atoms with Crippen LogP contribution >= 0.6 is 0 Å². The molecule has 1 aliphatic heterocycles. The van der Waals surface area contributed by atoms with E-state index in [-0.39, 0.29) is 5.69 Å². The smallest absolute Gasteiger partial charge is 0.269 e. The molecule has 6 heteroatoms. The van der Waals surface area contributed by atoms with Crippen molar-refractivity contribution in [2.75, 3.05) is 5.32 Å². The van der Waals surface area contributed by atoms with Crippen molar-refractivity contribution in [3.63, 3.8) is 0 Å². The molecule has 0 atom stereocenters. The zero-order valence-electron chi connectivity index (χ0n) is 10.9. The van der Waals surface area contributed by atoms with Crippen LogP contribution in [0, 0.1) is 0 Å². The molecule has 4 N–H and O–H groups in total. The number of nitrogens with zero attached hydrogens (tertiary/aromatic N) is 2. The Bertz CT molecular complexity index is 639. The summed E-state index contributed by atoms with van der Waals surface area (Å²) in [5.74, 6) is 0.0452. The summed E-state index contributed by atoms with van der Waals surface area (Å²) < 4.78 is 0. The normalized spacial score (nSPS) is 13.0. The molecule has 0 fully saturated rings.